The van der Waals surface area contributed by atoms with E-state index in [1.807, 2.05) is 0 Å². The number of hydrogen-bond donors (Lipinski definition) is 1. The molecule has 3 rings (SSSR count). The average Bonchev–Trinajstić information content (AvgIpc) is 2.39. The molecule has 0 spiro atoms. The Hall–Kier alpha value is -0.860. The van der Waals surface area contributed by atoms with Gasteiger partial charge in [-0.1, -0.05) is 43.2 Å². The molecule has 1 N–H and O–H groups in total. The molecule has 86 valence electrons. The molecule has 1 heterocycles. The SMILES string of the molecule is c1ccc(C2CNC3CCCCC3O2)cc1. The maximum Gasteiger partial charge on any atom is 0.0953 e. The van der Waals surface area contributed by atoms with Crippen LogP contribution < -0.4 is 5.32 Å². The second kappa shape index (κ2) is 4.56. The summed E-state index contributed by atoms with van der Waals surface area (Å²) in [7, 11) is 0. The van der Waals surface area contributed by atoms with E-state index in [9.17, 15) is 0 Å². The second-order valence-electron chi connectivity index (χ2n) is 4.87. The number of nitrogens with one attached hydrogen (secondary N) is 1. The van der Waals surface area contributed by atoms with E-state index < -0.39 is 0 Å². The smallest absolute Gasteiger partial charge is 0.0953 e. The molecule has 3 unspecified atom stereocenters. The van der Waals surface area contributed by atoms with Crippen LogP contribution in [0.15, 0.2) is 30.3 Å². The first-order chi connectivity index (χ1) is 7.93. The highest BCUT2D eigenvalue weighted by molar-refractivity contribution is 5.18. The van der Waals surface area contributed by atoms with Crippen LogP contribution in [0.4, 0.5) is 0 Å². The van der Waals surface area contributed by atoms with Crippen LogP contribution >= 0.6 is 0 Å². The van der Waals surface area contributed by atoms with E-state index in [-0.39, 0.29) is 6.10 Å². The molecule has 1 aromatic rings. The molecule has 1 aromatic carbocycles. The quantitative estimate of drug-likeness (QED) is 0.781. The molecule has 1 saturated heterocycles. The maximum absolute atomic E-state index is 6.21. The number of ether oxygens (including phenoxy) is 1. The first-order valence-corrected chi connectivity index (χ1v) is 6.37. The number of hydrogen-bond acceptors (Lipinski definition) is 2. The predicted molar refractivity (Wildman–Crippen MR) is 64.3 cm³/mol. The zero-order valence-electron chi connectivity index (χ0n) is 9.56. The number of morpholine rings is 1. The third-order valence-corrected chi connectivity index (χ3v) is 3.78. The van der Waals surface area contributed by atoms with Crippen molar-refractivity contribution < 1.29 is 4.74 Å². The Morgan fingerprint density at radius 3 is 2.75 bits per heavy atom. The Bertz CT molecular complexity index is 338. The van der Waals surface area contributed by atoms with E-state index in [1.165, 1.54) is 31.2 Å². The Morgan fingerprint density at radius 1 is 1.06 bits per heavy atom. The minimum atomic E-state index is 0.251. The molecule has 0 aromatic heterocycles. The van der Waals surface area contributed by atoms with Crippen molar-refractivity contribution in [2.24, 2.45) is 0 Å². The van der Waals surface area contributed by atoms with Crippen LogP contribution in [-0.4, -0.2) is 18.7 Å². The molecule has 0 radical (unpaired) electrons. The van der Waals surface area contributed by atoms with Gasteiger partial charge in [-0.05, 0) is 18.4 Å². The third-order valence-electron chi connectivity index (χ3n) is 3.78. The van der Waals surface area contributed by atoms with Gasteiger partial charge in [-0.15, -0.1) is 0 Å². The molecule has 2 heteroatoms. The molecular formula is C14H19NO. The van der Waals surface area contributed by atoms with Crippen molar-refractivity contribution in [3.63, 3.8) is 0 Å². The molecule has 2 fully saturated rings. The van der Waals surface area contributed by atoms with Crippen LogP contribution in [0.1, 0.15) is 37.4 Å². The first-order valence-electron chi connectivity index (χ1n) is 6.37. The summed E-state index contributed by atoms with van der Waals surface area (Å²) in [4.78, 5) is 0. The summed E-state index contributed by atoms with van der Waals surface area (Å²) in [6, 6.07) is 11.2. The van der Waals surface area contributed by atoms with Gasteiger partial charge in [-0.3, -0.25) is 0 Å². The van der Waals surface area contributed by atoms with Crippen molar-refractivity contribution in [1.29, 1.82) is 0 Å². The van der Waals surface area contributed by atoms with E-state index in [2.05, 4.69) is 35.6 Å². The van der Waals surface area contributed by atoms with Gasteiger partial charge in [0.25, 0.3) is 0 Å². The Morgan fingerprint density at radius 2 is 1.88 bits per heavy atom. The molecule has 0 bridgehead atoms. The molecule has 2 aliphatic rings. The third kappa shape index (κ3) is 2.00. The van der Waals surface area contributed by atoms with Crippen molar-refractivity contribution in [1.82, 2.24) is 5.32 Å². The first kappa shape index (κ1) is 10.3. The van der Waals surface area contributed by atoms with Crippen LogP contribution in [-0.2, 0) is 4.74 Å². The highest BCUT2D eigenvalue weighted by atomic mass is 16.5. The summed E-state index contributed by atoms with van der Waals surface area (Å²) in [5, 5.41) is 3.64. The van der Waals surface area contributed by atoms with Crippen molar-refractivity contribution in [3.8, 4) is 0 Å². The Kier molecular flexibility index (Phi) is 2.94. The number of fused-ring (bicyclic) bond motifs is 1. The van der Waals surface area contributed by atoms with Crippen LogP contribution in [0.25, 0.3) is 0 Å². The Balaban J connectivity index is 1.71. The lowest BCUT2D eigenvalue weighted by Gasteiger charge is -2.40. The van der Waals surface area contributed by atoms with Gasteiger partial charge in [0.15, 0.2) is 0 Å². The normalized spacial score (nSPS) is 34.4. The van der Waals surface area contributed by atoms with Gasteiger partial charge in [0.2, 0.25) is 0 Å². The molecule has 2 nitrogen and oxygen atoms in total. The lowest BCUT2D eigenvalue weighted by molar-refractivity contribution is -0.0794. The zero-order chi connectivity index (χ0) is 10.8. The van der Waals surface area contributed by atoms with E-state index in [0.717, 1.165) is 6.54 Å². The lowest BCUT2D eigenvalue weighted by atomic mass is 9.90. The van der Waals surface area contributed by atoms with Crippen molar-refractivity contribution in [3.05, 3.63) is 35.9 Å². The molecule has 1 aliphatic carbocycles. The summed E-state index contributed by atoms with van der Waals surface area (Å²) >= 11 is 0. The fraction of sp³-hybridized carbons (Fsp3) is 0.571. The van der Waals surface area contributed by atoms with Gasteiger partial charge in [0.1, 0.15) is 0 Å². The molecule has 0 amide bonds. The summed E-state index contributed by atoms with van der Waals surface area (Å²) in [6.45, 7) is 0.963. The van der Waals surface area contributed by atoms with E-state index in [0.29, 0.717) is 12.1 Å². The molecule has 1 saturated carbocycles. The summed E-state index contributed by atoms with van der Waals surface area (Å²) in [5.41, 5.74) is 1.30. The Labute approximate surface area is 97.0 Å². The maximum atomic E-state index is 6.21. The van der Waals surface area contributed by atoms with Crippen LogP contribution in [0.5, 0.6) is 0 Å². The minimum absolute atomic E-state index is 0.251. The fourth-order valence-electron chi connectivity index (χ4n) is 2.87. The van der Waals surface area contributed by atoms with Gasteiger partial charge in [0.05, 0.1) is 12.2 Å². The van der Waals surface area contributed by atoms with Crippen LogP contribution in [0, 0.1) is 0 Å². The summed E-state index contributed by atoms with van der Waals surface area (Å²) in [6.07, 6.45) is 5.87. The fourth-order valence-corrected chi connectivity index (χ4v) is 2.87. The highest BCUT2D eigenvalue weighted by Gasteiger charge is 2.32. The standard InChI is InChI=1S/C14H19NO/c1-2-6-11(7-3-1)14-10-15-12-8-4-5-9-13(12)16-14/h1-3,6-7,12-15H,4-5,8-10H2. The van der Waals surface area contributed by atoms with Crippen LogP contribution in [0.2, 0.25) is 0 Å². The average molecular weight is 217 g/mol. The predicted octanol–water partition coefficient (Wildman–Crippen LogP) is 2.66. The van der Waals surface area contributed by atoms with E-state index in [4.69, 9.17) is 4.74 Å². The topological polar surface area (TPSA) is 21.3 Å². The second-order valence-corrected chi connectivity index (χ2v) is 4.87. The lowest BCUT2D eigenvalue weighted by Crippen LogP contribution is -2.50. The van der Waals surface area contributed by atoms with Crippen LogP contribution in [0.3, 0.4) is 0 Å². The van der Waals surface area contributed by atoms with Gasteiger partial charge >= 0.3 is 0 Å². The zero-order valence-corrected chi connectivity index (χ0v) is 9.56. The monoisotopic (exact) mass is 217 g/mol. The minimum Gasteiger partial charge on any atom is -0.367 e. The number of rotatable bonds is 1. The summed E-state index contributed by atoms with van der Waals surface area (Å²) in [5.74, 6) is 0. The summed E-state index contributed by atoms with van der Waals surface area (Å²) < 4.78 is 6.21. The van der Waals surface area contributed by atoms with Crippen molar-refractivity contribution in [2.75, 3.05) is 6.54 Å². The van der Waals surface area contributed by atoms with E-state index in [1.54, 1.807) is 0 Å². The molecule has 3 atom stereocenters. The molecule has 1 aliphatic heterocycles. The highest BCUT2D eigenvalue weighted by Crippen LogP contribution is 2.30. The van der Waals surface area contributed by atoms with Crippen molar-refractivity contribution >= 4 is 0 Å². The van der Waals surface area contributed by atoms with Crippen molar-refractivity contribution in [2.45, 2.75) is 43.9 Å². The largest absolute Gasteiger partial charge is 0.367 e. The van der Waals surface area contributed by atoms with Gasteiger partial charge in [-0.2, -0.15) is 0 Å². The van der Waals surface area contributed by atoms with E-state index >= 15 is 0 Å². The molecular weight excluding hydrogens is 198 g/mol. The molecule has 16 heavy (non-hydrogen) atoms. The van der Waals surface area contributed by atoms with Gasteiger partial charge < -0.3 is 10.1 Å². The van der Waals surface area contributed by atoms with Gasteiger partial charge in [0, 0.05) is 12.6 Å². The van der Waals surface area contributed by atoms with Gasteiger partial charge in [-0.25, -0.2) is 0 Å². The number of benzene rings is 1.